The molecule has 0 atom stereocenters. The SMILES string of the molecule is CNCCCCCOc1ccc(-c2nc3ccc(OCCCCCN(C)C)cc3o2)cc1. The number of fused-ring (bicyclic) bond motifs is 1. The third kappa shape index (κ3) is 7.84. The third-order valence-electron chi connectivity index (χ3n) is 5.32. The van der Waals surface area contributed by atoms with Crippen LogP contribution in [-0.2, 0) is 0 Å². The molecule has 1 heterocycles. The molecule has 0 amide bonds. The maximum absolute atomic E-state index is 6.00. The topological polar surface area (TPSA) is 59.8 Å². The maximum Gasteiger partial charge on any atom is 0.227 e. The molecule has 0 saturated carbocycles. The first-order valence-electron chi connectivity index (χ1n) is 11.7. The standard InChI is InChI=1S/C26H37N3O3/c1-27-16-6-4-8-18-30-22-12-10-21(11-13-22)26-28-24-15-14-23(20-25(24)32-26)31-19-9-5-7-17-29(2)3/h10-15,20,27H,4-9,16-19H2,1-3H3. The summed E-state index contributed by atoms with van der Waals surface area (Å²) in [5.74, 6) is 2.31. The van der Waals surface area contributed by atoms with Crippen molar-refractivity contribution in [2.24, 2.45) is 0 Å². The summed E-state index contributed by atoms with van der Waals surface area (Å²) in [6, 6.07) is 13.8. The summed E-state index contributed by atoms with van der Waals surface area (Å²) < 4.78 is 17.7. The van der Waals surface area contributed by atoms with Crippen molar-refractivity contribution in [3.05, 3.63) is 42.5 Å². The summed E-state index contributed by atoms with van der Waals surface area (Å²) in [6.07, 6.45) is 6.83. The molecule has 6 nitrogen and oxygen atoms in total. The van der Waals surface area contributed by atoms with Crippen LogP contribution in [0.4, 0.5) is 0 Å². The molecule has 32 heavy (non-hydrogen) atoms. The van der Waals surface area contributed by atoms with Crippen LogP contribution in [0.3, 0.4) is 0 Å². The Hall–Kier alpha value is -2.57. The van der Waals surface area contributed by atoms with Gasteiger partial charge in [0.05, 0.1) is 13.2 Å². The van der Waals surface area contributed by atoms with Gasteiger partial charge in [0.15, 0.2) is 5.58 Å². The van der Waals surface area contributed by atoms with E-state index in [1.165, 1.54) is 25.7 Å². The fourth-order valence-corrected chi connectivity index (χ4v) is 3.48. The molecular formula is C26H37N3O3. The number of nitrogens with one attached hydrogen (secondary N) is 1. The van der Waals surface area contributed by atoms with Crippen molar-refractivity contribution in [3.8, 4) is 23.0 Å². The minimum absolute atomic E-state index is 0.611. The first-order chi connectivity index (χ1) is 15.7. The Morgan fingerprint density at radius 3 is 2.25 bits per heavy atom. The van der Waals surface area contributed by atoms with E-state index < -0.39 is 0 Å². The number of hydrogen-bond donors (Lipinski definition) is 1. The number of hydrogen-bond acceptors (Lipinski definition) is 6. The second kappa shape index (κ2) is 13.1. The Morgan fingerprint density at radius 2 is 1.53 bits per heavy atom. The van der Waals surface area contributed by atoms with E-state index in [-0.39, 0.29) is 0 Å². The van der Waals surface area contributed by atoms with Crippen molar-refractivity contribution in [1.29, 1.82) is 0 Å². The minimum atomic E-state index is 0.611. The third-order valence-corrected chi connectivity index (χ3v) is 5.32. The predicted octanol–water partition coefficient (Wildman–Crippen LogP) is 5.37. The second-order valence-electron chi connectivity index (χ2n) is 8.40. The van der Waals surface area contributed by atoms with Crippen molar-refractivity contribution in [3.63, 3.8) is 0 Å². The van der Waals surface area contributed by atoms with E-state index in [4.69, 9.17) is 13.9 Å². The van der Waals surface area contributed by atoms with Gasteiger partial charge in [-0.05, 0) is 109 Å². The molecule has 2 aromatic carbocycles. The molecule has 3 aromatic rings. The molecule has 0 spiro atoms. The van der Waals surface area contributed by atoms with Gasteiger partial charge in [0.2, 0.25) is 5.89 Å². The van der Waals surface area contributed by atoms with Crippen molar-refractivity contribution in [1.82, 2.24) is 15.2 Å². The second-order valence-corrected chi connectivity index (χ2v) is 8.40. The zero-order chi connectivity index (χ0) is 22.6. The molecule has 0 aliphatic heterocycles. The highest BCUT2D eigenvalue weighted by Gasteiger charge is 2.10. The van der Waals surface area contributed by atoms with Gasteiger partial charge in [-0.1, -0.05) is 0 Å². The highest BCUT2D eigenvalue weighted by atomic mass is 16.5. The Morgan fingerprint density at radius 1 is 0.844 bits per heavy atom. The van der Waals surface area contributed by atoms with Crippen molar-refractivity contribution in [2.75, 3.05) is 47.4 Å². The van der Waals surface area contributed by atoms with Crippen LogP contribution in [0, 0.1) is 0 Å². The summed E-state index contributed by atoms with van der Waals surface area (Å²) >= 11 is 0. The number of benzene rings is 2. The van der Waals surface area contributed by atoms with Gasteiger partial charge < -0.3 is 24.1 Å². The lowest BCUT2D eigenvalue weighted by atomic mass is 10.2. The number of ether oxygens (including phenoxy) is 2. The van der Waals surface area contributed by atoms with Crippen LogP contribution < -0.4 is 14.8 Å². The number of oxazole rings is 1. The average Bonchev–Trinajstić information content (AvgIpc) is 3.22. The average molecular weight is 440 g/mol. The highest BCUT2D eigenvalue weighted by molar-refractivity contribution is 5.77. The van der Waals surface area contributed by atoms with Crippen molar-refractivity contribution >= 4 is 11.1 Å². The molecule has 0 bridgehead atoms. The van der Waals surface area contributed by atoms with E-state index in [9.17, 15) is 0 Å². The largest absolute Gasteiger partial charge is 0.494 e. The highest BCUT2D eigenvalue weighted by Crippen LogP contribution is 2.28. The van der Waals surface area contributed by atoms with Gasteiger partial charge in [0.25, 0.3) is 0 Å². The molecule has 6 heteroatoms. The zero-order valence-corrected chi connectivity index (χ0v) is 19.7. The molecular weight excluding hydrogens is 402 g/mol. The minimum Gasteiger partial charge on any atom is -0.494 e. The van der Waals surface area contributed by atoms with E-state index in [1.807, 2.05) is 49.5 Å². The van der Waals surface area contributed by atoms with Crippen molar-refractivity contribution < 1.29 is 13.9 Å². The fourth-order valence-electron chi connectivity index (χ4n) is 3.48. The molecule has 0 unspecified atom stereocenters. The van der Waals surface area contributed by atoms with Crippen LogP contribution in [0.1, 0.15) is 38.5 Å². The first-order valence-corrected chi connectivity index (χ1v) is 11.7. The zero-order valence-electron chi connectivity index (χ0n) is 19.7. The molecule has 0 saturated heterocycles. The lowest BCUT2D eigenvalue weighted by Crippen LogP contribution is -2.13. The Kier molecular flexibility index (Phi) is 9.85. The van der Waals surface area contributed by atoms with Gasteiger partial charge in [-0.25, -0.2) is 4.98 Å². The maximum atomic E-state index is 6.00. The number of aromatic nitrogens is 1. The molecule has 0 aliphatic carbocycles. The van der Waals surface area contributed by atoms with Crippen LogP contribution in [0.2, 0.25) is 0 Å². The normalized spacial score (nSPS) is 11.4. The van der Waals surface area contributed by atoms with Crippen molar-refractivity contribution in [2.45, 2.75) is 38.5 Å². The Labute approximate surface area is 191 Å². The van der Waals surface area contributed by atoms with E-state index in [0.717, 1.165) is 67.3 Å². The predicted molar refractivity (Wildman–Crippen MR) is 131 cm³/mol. The van der Waals surface area contributed by atoms with Crippen LogP contribution in [0.5, 0.6) is 11.5 Å². The molecule has 0 radical (unpaired) electrons. The summed E-state index contributed by atoms with van der Waals surface area (Å²) in [4.78, 5) is 6.83. The Bertz CT molecular complexity index is 922. The quantitative estimate of drug-likeness (QED) is 0.321. The van der Waals surface area contributed by atoms with Gasteiger partial charge in [0.1, 0.15) is 17.0 Å². The summed E-state index contributed by atoms with van der Waals surface area (Å²) in [5, 5.41) is 3.17. The first kappa shape index (κ1) is 24.1. The number of unbranched alkanes of at least 4 members (excludes halogenated alkanes) is 4. The number of rotatable bonds is 15. The van der Waals surface area contributed by atoms with Crippen LogP contribution >= 0.6 is 0 Å². The Balaban J connectivity index is 1.48. The monoisotopic (exact) mass is 439 g/mol. The molecule has 1 N–H and O–H groups in total. The molecule has 3 rings (SSSR count). The molecule has 0 aliphatic rings. The van der Waals surface area contributed by atoms with Gasteiger partial charge in [0, 0.05) is 11.6 Å². The lowest BCUT2D eigenvalue weighted by molar-refractivity contribution is 0.299. The van der Waals surface area contributed by atoms with Gasteiger partial charge in [-0.2, -0.15) is 0 Å². The summed E-state index contributed by atoms with van der Waals surface area (Å²) in [5.41, 5.74) is 2.51. The van der Waals surface area contributed by atoms with E-state index >= 15 is 0 Å². The van der Waals surface area contributed by atoms with Crippen LogP contribution in [-0.4, -0.2) is 57.3 Å². The van der Waals surface area contributed by atoms with Crippen LogP contribution in [0.15, 0.2) is 46.9 Å². The van der Waals surface area contributed by atoms with Gasteiger partial charge in [-0.3, -0.25) is 0 Å². The molecule has 0 fully saturated rings. The smallest absolute Gasteiger partial charge is 0.227 e. The van der Waals surface area contributed by atoms with Gasteiger partial charge in [-0.15, -0.1) is 0 Å². The summed E-state index contributed by atoms with van der Waals surface area (Å²) in [6.45, 7) is 3.64. The molecule has 174 valence electrons. The van der Waals surface area contributed by atoms with Gasteiger partial charge >= 0.3 is 0 Å². The van der Waals surface area contributed by atoms with E-state index in [2.05, 4.69) is 29.3 Å². The lowest BCUT2D eigenvalue weighted by Gasteiger charge is -2.09. The van der Waals surface area contributed by atoms with E-state index in [0.29, 0.717) is 5.89 Å². The summed E-state index contributed by atoms with van der Waals surface area (Å²) in [7, 11) is 6.19. The fraction of sp³-hybridized carbons (Fsp3) is 0.500. The number of nitrogens with zero attached hydrogens (tertiary/aromatic N) is 2. The van der Waals surface area contributed by atoms with E-state index in [1.54, 1.807) is 0 Å². The molecule has 1 aromatic heterocycles. The van der Waals surface area contributed by atoms with Crippen LogP contribution in [0.25, 0.3) is 22.6 Å².